The maximum absolute atomic E-state index is 12.2. The Labute approximate surface area is 159 Å². The van der Waals surface area contributed by atoms with Gasteiger partial charge in [0.15, 0.2) is 0 Å². The van der Waals surface area contributed by atoms with Crippen LogP contribution in [0.25, 0.3) is 0 Å². The molecule has 1 saturated heterocycles. The van der Waals surface area contributed by atoms with Crippen LogP contribution >= 0.6 is 24.0 Å². The average molecular weight is 386 g/mol. The lowest BCUT2D eigenvalue weighted by atomic mass is 9.92. The van der Waals surface area contributed by atoms with Crippen molar-refractivity contribution in [2.75, 3.05) is 25.0 Å². The van der Waals surface area contributed by atoms with E-state index in [9.17, 15) is 9.59 Å². The number of amides is 2. The average Bonchev–Trinajstić information content (AvgIpc) is 3.25. The number of carbonyl (C=O) groups excluding carboxylic acids is 2. The van der Waals surface area contributed by atoms with E-state index in [1.165, 1.54) is 0 Å². The van der Waals surface area contributed by atoms with Crippen LogP contribution in [0, 0.1) is 18.3 Å². The standard InChI is InChI=1S/C18H24ClN3O2.ClH/c1-12-14(19)3-2-4-15(12)22-16(23)5-8-21-17(24)13-11-18(13)6-9-20-10-7-18;/h2-4,13,20H,5-11H2,1H3,(H,21,24)(H,22,23);1H. The van der Waals surface area contributed by atoms with Crippen LogP contribution in [-0.2, 0) is 9.59 Å². The van der Waals surface area contributed by atoms with Crippen molar-refractivity contribution in [2.45, 2.75) is 32.6 Å². The third kappa shape index (κ3) is 4.66. The lowest BCUT2D eigenvalue weighted by molar-refractivity contribution is -0.123. The fourth-order valence-electron chi connectivity index (χ4n) is 3.57. The molecule has 1 spiro atoms. The smallest absolute Gasteiger partial charge is 0.226 e. The molecule has 0 aromatic heterocycles. The van der Waals surface area contributed by atoms with E-state index in [4.69, 9.17) is 11.6 Å². The number of carbonyl (C=O) groups is 2. The number of nitrogens with one attached hydrogen (secondary N) is 3. The summed E-state index contributed by atoms with van der Waals surface area (Å²) in [4.78, 5) is 24.3. The first kappa shape index (κ1) is 20.0. The Kier molecular flexibility index (Phi) is 6.72. The van der Waals surface area contributed by atoms with Crippen LogP contribution in [0.2, 0.25) is 5.02 Å². The van der Waals surface area contributed by atoms with Gasteiger partial charge >= 0.3 is 0 Å². The first-order valence-electron chi connectivity index (χ1n) is 8.55. The van der Waals surface area contributed by atoms with Gasteiger partial charge in [0.25, 0.3) is 0 Å². The SMILES string of the molecule is Cc1c(Cl)cccc1NC(=O)CCNC(=O)C1CC12CCNCC2.Cl. The number of rotatable bonds is 5. The van der Waals surface area contributed by atoms with Gasteiger partial charge in [-0.15, -0.1) is 12.4 Å². The second kappa shape index (κ2) is 8.39. The molecule has 1 unspecified atom stereocenters. The van der Waals surface area contributed by atoms with Gasteiger partial charge in [-0.3, -0.25) is 9.59 Å². The Hall–Kier alpha value is -1.30. The van der Waals surface area contributed by atoms with Gasteiger partial charge in [-0.2, -0.15) is 0 Å². The Morgan fingerprint density at radius 1 is 1.32 bits per heavy atom. The van der Waals surface area contributed by atoms with Crippen molar-refractivity contribution in [1.29, 1.82) is 0 Å². The normalized spacial score (nSPS) is 20.5. The number of anilines is 1. The fraction of sp³-hybridized carbons (Fsp3) is 0.556. The molecule has 1 heterocycles. The second-order valence-electron chi connectivity index (χ2n) is 6.87. The van der Waals surface area contributed by atoms with Crippen LogP contribution in [0.3, 0.4) is 0 Å². The predicted molar refractivity (Wildman–Crippen MR) is 102 cm³/mol. The molecular weight excluding hydrogens is 361 g/mol. The Morgan fingerprint density at radius 3 is 2.76 bits per heavy atom. The molecule has 7 heteroatoms. The van der Waals surface area contributed by atoms with E-state index in [1.54, 1.807) is 12.1 Å². The summed E-state index contributed by atoms with van der Waals surface area (Å²) >= 11 is 6.04. The van der Waals surface area contributed by atoms with Crippen LogP contribution in [0.1, 0.15) is 31.2 Å². The molecule has 1 aromatic rings. The minimum absolute atomic E-state index is 0. The Morgan fingerprint density at radius 2 is 2.04 bits per heavy atom. The van der Waals surface area contributed by atoms with E-state index in [2.05, 4.69) is 16.0 Å². The van der Waals surface area contributed by atoms with Crippen molar-refractivity contribution in [2.24, 2.45) is 11.3 Å². The van der Waals surface area contributed by atoms with Gasteiger partial charge in [-0.1, -0.05) is 17.7 Å². The molecule has 0 radical (unpaired) electrons. The lowest BCUT2D eigenvalue weighted by Crippen LogP contribution is -2.34. The molecule has 1 aliphatic heterocycles. The quantitative estimate of drug-likeness (QED) is 0.729. The van der Waals surface area contributed by atoms with Crippen LogP contribution < -0.4 is 16.0 Å². The summed E-state index contributed by atoms with van der Waals surface area (Å²) in [5, 5.41) is 9.72. The maximum atomic E-state index is 12.2. The molecule has 2 amide bonds. The van der Waals surface area contributed by atoms with Gasteiger partial charge in [0, 0.05) is 29.6 Å². The van der Waals surface area contributed by atoms with Crippen molar-refractivity contribution in [1.82, 2.24) is 10.6 Å². The van der Waals surface area contributed by atoms with E-state index in [-0.39, 0.29) is 42.0 Å². The zero-order valence-electron chi connectivity index (χ0n) is 14.4. The predicted octanol–water partition coefficient (Wildman–Crippen LogP) is 2.90. The minimum Gasteiger partial charge on any atom is -0.355 e. The second-order valence-corrected chi connectivity index (χ2v) is 7.28. The molecule has 1 aromatic carbocycles. The maximum Gasteiger partial charge on any atom is 0.226 e. The van der Waals surface area contributed by atoms with Crippen molar-refractivity contribution in [3.05, 3.63) is 28.8 Å². The molecule has 1 aliphatic carbocycles. The number of piperidine rings is 1. The van der Waals surface area contributed by atoms with E-state index in [1.807, 2.05) is 13.0 Å². The van der Waals surface area contributed by atoms with E-state index in [0.717, 1.165) is 43.6 Å². The highest BCUT2D eigenvalue weighted by Gasteiger charge is 2.57. The highest BCUT2D eigenvalue weighted by atomic mass is 35.5. The van der Waals surface area contributed by atoms with Crippen LogP contribution in [0.5, 0.6) is 0 Å². The third-order valence-electron chi connectivity index (χ3n) is 5.30. The van der Waals surface area contributed by atoms with E-state index in [0.29, 0.717) is 11.6 Å². The zero-order valence-corrected chi connectivity index (χ0v) is 15.9. The fourth-order valence-corrected chi connectivity index (χ4v) is 3.75. The lowest BCUT2D eigenvalue weighted by Gasteiger charge is -2.23. The van der Waals surface area contributed by atoms with E-state index >= 15 is 0 Å². The summed E-state index contributed by atoms with van der Waals surface area (Å²) in [5.41, 5.74) is 1.80. The summed E-state index contributed by atoms with van der Waals surface area (Å²) < 4.78 is 0. The van der Waals surface area contributed by atoms with Crippen molar-refractivity contribution in [3.8, 4) is 0 Å². The van der Waals surface area contributed by atoms with Crippen LogP contribution in [-0.4, -0.2) is 31.4 Å². The van der Waals surface area contributed by atoms with Crippen molar-refractivity contribution >= 4 is 41.5 Å². The minimum atomic E-state index is -0.118. The van der Waals surface area contributed by atoms with Gasteiger partial charge in [-0.25, -0.2) is 0 Å². The molecule has 2 fully saturated rings. The largest absolute Gasteiger partial charge is 0.355 e. The highest BCUT2D eigenvalue weighted by molar-refractivity contribution is 6.31. The van der Waals surface area contributed by atoms with Crippen molar-refractivity contribution < 1.29 is 9.59 Å². The molecule has 0 bridgehead atoms. The third-order valence-corrected chi connectivity index (χ3v) is 5.71. The molecule has 5 nitrogen and oxygen atoms in total. The zero-order chi connectivity index (χ0) is 17.2. The molecular formula is C18H25Cl2N3O2. The number of halogens is 2. The number of benzene rings is 1. The summed E-state index contributed by atoms with van der Waals surface area (Å²) in [6.45, 7) is 4.25. The topological polar surface area (TPSA) is 70.2 Å². The Balaban J connectivity index is 0.00000225. The van der Waals surface area contributed by atoms with Gasteiger partial charge in [0.1, 0.15) is 0 Å². The molecule has 3 rings (SSSR count). The Bertz CT molecular complexity index is 645. The molecule has 138 valence electrons. The summed E-state index contributed by atoms with van der Waals surface area (Å²) in [6.07, 6.45) is 3.42. The summed E-state index contributed by atoms with van der Waals surface area (Å²) in [5.74, 6) is 0.120. The van der Waals surface area contributed by atoms with Crippen molar-refractivity contribution in [3.63, 3.8) is 0 Å². The van der Waals surface area contributed by atoms with Gasteiger partial charge in [0.2, 0.25) is 11.8 Å². The van der Waals surface area contributed by atoms with Gasteiger partial charge in [-0.05, 0) is 62.4 Å². The summed E-state index contributed by atoms with van der Waals surface area (Å²) in [6, 6.07) is 5.42. The molecule has 1 atom stereocenters. The molecule has 1 saturated carbocycles. The van der Waals surface area contributed by atoms with E-state index < -0.39 is 0 Å². The first-order chi connectivity index (χ1) is 11.5. The molecule has 2 aliphatic rings. The monoisotopic (exact) mass is 385 g/mol. The van der Waals surface area contributed by atoms with Gasteiger partial charge in [0.05, 0.1) is 0 Å². The summed E-state index contributed by atoms with van der Waals surface area (Å²) in [7, 11) is 0. The molecule has 3 N–H and O–H groups in total. The van der Waals surface area contributed by atoms with Crippen LogP contribution in [0.15, 0.2) is 18.2 Å². The molecule has 25 heavy (non-hydrogen) atoms. The number of hydrogen-bond donors (Lipinski definition) is 3. The van der Waals surface area contributed by atoms with Crippen LogP contribution in [0.4, 0.5) is 5.69 Å². The van der Waals surface area contributed by atoms with Gasteiger partial charge < -0.3 is 16.0 Å². The number of hydrogen-bond acceptors (Lipinski definition) is 3. The first-order valence-corrected chi connectivity index (χ1v) is 8.93. The highest BCUT2D eigenvalue weighted by Crippen LogP contribution is 2.58.